The normalized spacial score (nSPS) is 27.0. The minimum Gasteiger partial charge on any atom is -0.323 e. The van der Waals surface area contributed by atoms with Crippen molar-refractivity contribution in [3.8, 4) is 0 Å². The van der Waals surface area contributed by atoms with Crippen molar-refractivity contribution in [2.24, 2.45) is 32.5 Å². The summed E-state index contributed by atoms with van der Waals surface area (Å²) in [6.45, 7) is 0. The van der Waals surface area contributed by atoms with Gasteiger partial charge in [0.1, 0.15) is 29.2 Å². The largest absolute Gasteiger partial charge is 0.323 e. The molecule has 1 spiro atoms. The van der Waals surface area contributed by atoms with Crippen LogP contribution in [0.2, 0.25) is 0 Å². The van der Waals surface area contributed by atoms with Crippen LogP contribution in [0.15, 0.2) is 94.2 Å². The van der Waals surface area contributed by atoms with Gasteiger partial charge in [0.15, 0.2) is 5.78 Å². The second-order valence-corrected chi connectivity index (χ2v) is 11.8. The third kappa shape index (κ3) is 5.19. The van der Waals surface area contributed by atoms with Crippen LogP contribution in [-0.4, -0.2) is 23.3 Å². The highest BCUT2D eigenvalue weighted by molar-refractivity contribution is 6.44. The average Bonchev–Trinajstić information content (AvgIpc) is 3.29. The van der Waals surface area contributed by atoms with Gasteiger partial charge in [-0.15, -0.1) is 0 Å². The van der Waals surface area contributed by atoms with Crippen molar-refractivity contribution in [3.63, 3.8) is 0 Å². The van der Waals surface area contributed by atoms with Crippen LogP contribution < -0.4 is 5.84 Å². The highest BCUT2D eigenvalue weighted by Gasteiger charge is 2.66. The SMILES string of the molecule is N=NC1(CCC(C=O)C(c2ccc(F)cc2)c2ccc(F)cc2)CCC2(CC1)C(=O)C(=NN)CC2(N=N)c1ccccc1. The molecule has 5 rings (SSSR count). The van der Waals surface area contributed by atoms with E-state index in [1.165, 1.54) is 24.3 Å². The molecule has 4 N–H and O–H groups in total. The van der Waals surface area contributed by atoms with Crippen LogP contribution in [-0.2, 0) is 15.1 Å². The second-order valence-electron chi connectivity index (χ2n) is 11.8. The lowest BCUT2D eigenvalue weighted by atomic mass is 9.57. The fourth-order valence-electron chi connectivity index (χ4n) is 7.34. The van der Waals surface area contributed by atoms with Crippen LogP contribution >= 0.6 is 0 Å². The molecule has 2 fully saturated rings. The van der Waals surface area contributed by atoms with Gasteiger partial charge in [-0.2, -0.15) is 15.3 Å². The predicted octanol–water partition coefficient (Wildman–Crippen LogP) is 7.24. The van der Waals surface area contributed by atoms with Gasteiger partial charge in [0.05, 0.1) is 11.0 Å². The lowest BCUT2D eigenvalue weighted by Gasteiger charge is -2.47. The summed E-state index contributed by atoms with van der Waals surface area (Å²) < 4.78 is 27.5. The molecular formula is C33H34F2N6O2. The lowest BCUT2D eigenvalue weighted by molar-refractivity contribution is -0.127. The van der Waals surface area contributed by atoms with E-state index >= 15 is 0 Å². The molecule has 2 saturated carbocycles. The third-order valence-corrected chi connectivity index (χ3v) is 9.79. The van der Waals surface area contributed by atoms with Gasteiger partial charge >= 0.3 is 0 Å². The van der Waals surface area contributed by atoms with Gasteiger partial charge in [0.25, 0.3) is 0 Å². The van der Waals surface area contributed by atoms with Crippen molar-refractivity contribution >= 4 is 17.8 Å². The molecule has 3 aromatic rings. The van der Waals surface area contributed by atoms with Crippen LogP contribution in [0.25, 0.3) is 0 Å². The number of carbonyl (C=O) groups is 2. The molecule has 8 nitrogen and oxygen atoms in total. The molecule has 43 heavy (non-hydrogen) atoms. The Kier molecular flexibility index (Phi) is 8.39. The monoisotopic (exact) mass is 584 g/mol. The summed E-state index contributed by atoms with van der Waals surface area (Å²) >= 11 is 0. The summed E-state index contributed by atoms with van der Waals surface area (Å²) in [5.74, 6) is 3.60. The van der Waals surface area contributed by atoms with E-state index in [1.807, 2.05) is 30.3 Å². The molecule has 10 heteroatoms. The maximum absolute atomic E-state index is 13.8. The summed E-state index contributed by atoms with van der Waals surface area (Å²) in [5, 5.41) is 11.9. The summed E-state index contributed by atoms with van der Waals surface area (Å²) in [7, 11) is 0. The zero-order chi connectivity index (χ0) is 30.7. The summed E-state index contributed by atoms with van der Waals surface area (Å²) in [5.41, 5.74) is 15.8. The zero-order valence-electron chi connectivity index (χ0n) is 23.7. The zero-order valence-corrected chi connectivity index (χ0v) is 23.7. The van der Waals surface area contributed by atoms with E-state index in [2.05, 4.69) is 15.3 Å². The van der Waals surface area contributed by atoms with Crippen LogP contribution in [0.5, 0.6) is 0 Å². The summed E-state index contributed by atoms with van der Waals surface area (Å²) in [4.78, 5) is 26.4. The van der Waals surface area contributed by atoms with E-state index in [9.17, 15) is 18.4 Å². The number of hydrazone groups is 1. The molecule has 0 heterocycles. The van der Waals surface area contributed by atoms with Gasteiger partial charge in [-0.05, 0) is 79.5 Å². The quantitative estimate of drug-likeness (QED) is 0.0999. The Bertz CT molecular complexity index is 1470. The van der Waals surface area contributed by atoms with Crippen molar-refractivity contribution in [1.29, 1.82) is 11.1 Å². The van der Waals surface area contributed by atoms with E-state index in [4.69, 9.17) is 16.9 Å². The molecule has 2 aliphatic carbocycles. The highest BCUT2D eigenvalue weighted by atomic mass is 19.1. The number of halogens is 2. The Morgan fingerprint density at radius 2 is 1.40 bits per heavy atom. The average molecular weight is 585 g/mol. The van der Waals surface area contributed by atoms with Crippen molar-refractivity contribution in [2.75, 3.05) is 0 Å². The Balaban J connectivity index is 1.42. The fraction of sp³-hybridized carbons (Fsp3) is 0.364. The first kappa shape index (κ1) is 30.0. The van der Waals surface area contributed by atoms with Gasteiger partial charge < -0.3 is 10.6 Å². The number of carbonyl (C=O) groups excluding carboxylic acids is 2. The Morgan fingerprint density at radius 3 is 1.86 bits per heavy atom. The first-order chi connectivity index (χ1) is 20.8. The van der Waals surface area contributed by atoms with Crippen molar-refractivity contribution in [1.82, 2.24) is 0 Å². The maximum Gasteiger partial charge on any atom is 0.187 e. The van der Waals surface area contributed by atoms with Crippen LogP contribution in [0, 0.1) is 34.0 Å². The lowest BCUT2D eigenvalue weighted by Crippen LogP contribution is -2.50. The number of nitrogens with two attached hydrogens (primary N) is 1. The number of hydrogen-bond acceptors (Lipinski definition) is 8. The van der Waals surface area contributed by atoms with Crippen LogP contribution in [0.4, 0.5) is 8.78 Å². The number of hydrogen-bond donors (Lipinski definition) is 3. The predicted molar refractivity (Wildman–Crippen MR) is 157 cm³/mol. The molecule has 0 aromatic heterocycles. The summed E-state index contributed by atoms with van der Waals surface area (Å²) in [6.07, 6.45) is 3.19. The minimum absolute atomic E-state index is 0.130. The molecular weight excluding hydrogens is 550 g/mol. The van der Waals surface area contributed by atoms with E-state index in [-0.39, 0.29) is 17.9 Å². The molecule has 0 radical (unpaired) electrons. The molecule has 2 unspecified atom stereocenters. The number of Topliss-reactive ketones (excluding diaryl/α,β-unsaturated/α-hetero) is 1. The van der Waals surface area contributed by atoms with Gasteiger partial charge in [-0.25, -0.2) is 19.8 Å². The first-order valence-corrected chi connectivity index (χ1v) is 14.4. The molecule has 0 saturated heterocycles. The van der Waals surface area contributed by atoms with E-state index in [0.29, 0.717) is 38.5 Å². The van der Waals surface area contributed by atoms with Gasteiger partial charge in [-0.3, -0.25) is 4.79 Å². The number of nitrogens with one attached hydrogen (secondary N) is 2. The van der Waals surface area contributed by atoms with Gasteiger partial charge in [0.2, 0.25) is 0 Å². The smallest absolute Gasteiger partial charge is 0.187 e. The molecule has 0 amide bonds. The molecule has 0 aliphatic heterocycles. The molecule has 222 valence electrons. The summed E-state index contributed by atoms with van der Waals surface area (Å²) in [6, 6.07) is 21.2. The van der Waals surface area contributed by atoms with Crippen LogP contribution in [0.3, 0.4) is 0 Å². The molecule has 2 aliphatic rings. The van der Waals surface area contributed by atoms with Gasteiger partial charge in [-0.1, -0.05) is 54.6 Å². The van der Waals surface area contributed by atoms with E-state index in [0.717, 1.165) is 23.0 Å². The number of aldehydes is 1. The van der Waals surface area contributed by atoms with E-state index < -0.39 is 40.0 Å². The highest BCUT2D eigenvalue weighted by Crippen LogP contribution is 2.61. The van der Waals surface area contributed by atoms with Crippen molar-refractivity contribution < 1.29 is 18.4 Å². The number of ketones is 1. The number of benzene rings is 3. The molecule has 2 atom stereocenters. The Labute approximate surface area is 248 Å². The topological polar surface area (TPSA) is 145 Å². The maximum atomic E-state index is 13.8. The number of rotatable bonds is 10. The minimum atomic E-state index is -1.15. The molecule has 3 aromatic carbocycles. The van der Waals surface area contributed by atoms with Crippen molar-refractivity contribution in [3.05, 3.63) is 107 Å². The standard InChI is InChI=1S/C33H34F2N6O2/c34-26-10-6-22(7-11-26)29(23-8-12-27(35)13-9-23)24(21-42)14-15-31(40-37)16-18-32(19-17-31)30(43)28(39-36)20-33(32,41-38)25-4-2-1-3-5-25/h1-13,21,24,29,37-38H,14-20,36H2. The molecule has 0 bridgehead atoms. The van der Waals surface area contributed by atoms with Crippen LogP contribution in [0.1, 0.15) is 67.6 Å². The van der Waals surface area contributed by atoms with E-state index in [1.54, 1.807) is 24.3 Å². The fourth-order valence-corrected chi connectivity index (χ4v) is 7.34. The first-order valence-electron chi connectivity index (χ1n) is 14.4. The van der Waals surface area contributed by atoms with Crippen molar-refractivity contribution in [2.45, 2.75) is 61.9 Å². The number of nitrogens with zero attached hydrogens (tertiary/aromatic N) is 3. The Hall–Kier alpha value is -4.47. The second kappa shape index (κ2) is 12.0. The third-order valence-electron chi connectivity index (χ3n) is 9.79. The Morgan fingerprint density at radius 1 is 0.837 bits per heavy atom. The van der Waals surface area contributed by atoms with Gasteiger partial charge in [0, 0.05) is 18.3 Å².